The average molecular weight is 668 g/mol. The summed E-state index contributed by atoms with van der Waals surface area (Å²) in [6.45, 7) is -0.0189. The van der Waals surface area contributed by atoms with E-state index in [1.54, 1.807) is 0 Å². The molecule has 1 unspecified atom stereocenters. The van der Waals surface area contributed by atoms with Crippen molar-refractivity contribution in [3.05, 3.63) is 40.3 Å². The molecule has 2 aromatic rings. The SMILES string of the molecule is Nc1c(C(=O)N2CCC[C@@]3(C2)OC(=O)Nc2ccc(Cl)c(F)c23)cnn1[CH]([Pb])C(F)(F)F. The van der Waals surface area contributed by atoms with Gasteiger partial charge in [0.15, 0.2) is 0 Å². The van der Waals surface area contributed by atoms with E-state index >= 15 is 0 Å². The minimum atomic E-state index is -4.55. The Balaban J connectivity index is 1.68. The Morgan fingerprint density at radius 2 is 2.12 bits per heavy atom. The number of carbonyl (C=O) groups is 2. The number of nitrogen functional groups attached to an aromatic ring is 1. The van der Waals surface area contributed by atoms with E-state index in [2.05, 4.69) is 10.4 Å². The number of hydrogen-bond acceptors (Lipinski definition) is 5. The van der Waals surface area contributed by atoms with Crippen molar-refractivity contribution in [1.29, 1.82) is 0 Å². The molecular weight excluding hydrogens is 653 g/mol. The molecule has 3 radical (unpaired) electrons. The topological polar surface area (TPSA) is 102 Å². The number of halogens is 5. The number of nitrogens with zero attached hydrogens (tertiary/aromatic N) is 3. The normalized spacial score (nSPS) is 21.7. The van der Waals surface area contributed by atoms with E-state index in [0.717, 1.165) is 6.20 Å². The summed E-state index contributed by atoms with van der Waals surface area (Å²) in [5, 5.41) is 5.90. The van der Waals surface area contributed by atoms with Crippen LogP contribution in [0, 0.1) is 5.82 Å². The van der Waals surface area contributed by atoms with Gasteiger partial charge in [0.2, 0.25) is 0 Å². The number of amides is 2. The number of likely N-dealkylation sites (tertiary alicyclic amines) is 1. The summed E-state index contributed by atoms with van der Waals surface area (Å²) in [6, 6.07) is 2.73. The fourth-order valence-electron chi connectivity index (χ4n) is 4.00. The van der Waals surface area contributed by atoms with Gasteiger partial charge >= 0.3 is 200 Å². The van der Waals surface area contributed by atoms with Gasteiger partial charge in [-0.1, -0.05) is 0 Å². The van der Waals surface area contributed by atoms with Crippen molar-refractivity contribution in [3.63, 3.8) is 0 Å². The summed E-state index contributed by atoms with van der Waals surface area (Å²) in [7, 11) is 0. The first kappa shape index (κ1) is 23.1. The fourth-order valence-corrected chi connectivity index (χ4v) is 4.96. The monoisotopic (exact) mass is 668 g/mol. The molecule has 2 amide bonds. The molecule has 3 N–H and O–H groups in total. The number of nitrogens with two attached hydrogens (primary N) is 1. The zero-order chi connectivity index (χ0) is 23.4. The van der Waals surface area contributed by atoms with Crippen molar-refractivity contribution in [1.82, 2.24) is 14.7 Å². The molecular formula is C18H15ClF4N5O3Pb. The maximum atomic E-state index is 15.0. The van der Waals surface area contributed by atoms with E-state index in [1.165, 1.54) is 17.0 Å². The standard InChI is InChI=1S/C18H15ClF4N5O3.Pb/c19-10-2-3-11-12(13(10)20)17(31-16(30)26-11)4-1-5-27(7-17)15(29)9-6-25-28(14(9)24)8-18(21,22)23;/h2-3,6,8H,1,4-5,7,24H2,(H,26,30);/t17-;/m0./s1. The maximum absolute atomic E-state index is 15.0. The molecule has 2 atom stereocenters. The summed E-state index contributed by atoms with van der Waals surface area (Å²) in [5.41, 5.74) is 4.30. The van der Waals surface area contributed by atoms with Crippen LogP contribution in [0.1, 0.15) is 32.4 Å². The molecule has 0 aliphatic carbocycles. The van der Waals surface area contributed by atoms with E-state index in [-0.39, 0.29) is 67.1 Å². The predicted molar refractivity (Wildman–Crippen MR) is 106 cm³/mol. The van der Waals surface area contributed by atoms with Crippen LogP contribution in [0.3, 0.4) is 0 Å². The van der Waals surface area contributed by atoms with Crippen molar-refractivity contribution in [2.75, 3.05) is 24.1 Å². The molecule has 1 aromatic carbocycles. The number of hydrogen-bond donors (Lipinski definition) is 2. The van der Waals surface area contributed by atoms with Gasteiger partial charge in [-0.3, -0.25) is 0 Å². The Bertz CT molecular complexity index is 1110. The van der Waals surface area contributed by atoms with E-state index in [0.29, 0.717) is 11.1 Å². The molecule has 169 valence electrons. The molecule has 0 saturated carbocycles. The molecule has 0 bridgehead atoms. The Hall–Kier alpha value is -2.10. The van der Waals surface area contributed by atoms with Gasteiger partial charge < -0.3 is 0 Å². The van der Waals surface area contributed by atoms with E-state index in [9.17, 15) is 27.2 Å². The van der Waals surface area contributed by atoms with Gasteiger partial charge in [-0.2, -0.15) is 0 Å². The number of ether oxygens (including phenoxy) is 1. The third kappa shape index (κ3) is 3.80. The second-order valence-corrected chi connectivity index (χ2v) is 9.99. The fraction of sp³-hybridized carbons (Fsp3) is 0.389. The Kier molecular flexibility index (Phi) is 5.80. The number of nitrogens with one attached hydrogen (secondary N) is 1. The molecule has 2 aliphatic rings. The van der Waals surface area contributed by atoms with Crippen LogP contribution in [-0.2, 0) is 10.3 Å². The molecule has 3 heterocycles. The van der Waals surface area contributed by atoms with Crippen LogP contribution in [-0.4, -0.2) is 71.7 Å². The molecule has 1 aromatic heterocycles. The second-order valence-electron chi connectivity index (χ2n) is 7.46. The van der Waals surface area contributed by atoms with Crippen LogP contribution >= 0.6 is 11.6 Å². The van der Waals surface area contributed by atoms with Crippen LogP contribution in [0.2, 0.25) is 5.02 Å². The van der Waals surface area contributed by atoms with E-state index < -0.39 is 39.0 Å². The van der Waals surface area contributed by atoms with Crippen molar-refractivity contribution in [3.8, 4) is 0 Å². The van der Waals surface area contributed by atoms with Crippen molar-refractivity contribution in [2.45, 2.75) is 28.2 Å². The summed E-state index contributed by atoms with van der Waals surface area (Å²) < 4.78 is 58.4. The molecule has 4 rings (SSSR count). The van der Waals surface area contributed by atoms with Gasteiger partial charge in [0.05, 0.1) is 0 Å². The van der Waals surface area contributed by atoms with Crippen LogP contribution in [0.25, 0.3) is 0 Å². The summed E-state index contributed by atoms with van der Waals surface area (Å²) in [4.78, 5) is 26.5. The molecule has 1 spiro atoms. The number of alkyl halides is 3. The van der Waals surface area contributed by atoms with Gasteiger partial charge in [-0.15, -0.1) is 0 Å². The quantitative estimate of drug-likeness (QED) is 0.379. The number of rotatable bonds is 2. The molecule has 1 saturated heterocycles. The first-order valence-electron chi connectivity index (χ1n) is 9.33. The van der Waals surface area contributed by atoms with Crippen LogP contribution < -0.4 is 11.1 Å². The van der Waals surface area contributed by atoms with Crippen molar-refractivity contribution < 1.29 is 31.9 Å². The number of aromatic nitrogens is 2. The summed E-state index contributed by atoms with van der Waals surface area (Å²) in [6.07, 6.45) is -3.82. The molecule has 1 fully saturated rings. The first-order valence-corrected chi connectivity index (χ1v) is 12.0. The summed E-state index contributed by atoms with van der Waals surface area (Å²) in [5.74, 6) is -1.89. The molecule has 14 heteroatoms. The Labute approximate surface area is 199 Å². The predicted octanol–water partition coefficient (Wildman–Crippen LogP) is 3.18. The molecule has 32 heavy (non-hydrogen) atoms. The van der Waals surface area contributed by atoms with Gasteiger partial charge in [0.25, 0.3) is 0 Å². The van der Waals surface area contributed by atoms with Crippen molar-refractivity contribution >= 4 is 60.9 Å². The third-order valence-corrected chi connectivity index (χ3v) is 7.95. The van der Waals surface area contributed by atoms with Gasteiger partial charge in [0.1, 0.15) is 0 Å². The van der Waals surface area contributed by atoms with Gasteiger partial charge in [-0.25, -0.2) is 0 Å². The average Bonchev–Trinajstić information content (AvgIpc) is 3.09. The second kappa shape index (κ2) is 8.04. The van der Waals surface area contributed by atoms with Crippen molar-refractivity contribution in [2.24, 2.45) is 0 Å². The van der Waals surface area contributed by atoms with Crippen LogP contribution in [0.5, 0.6) is 0 Å². The van der Waals surface area contributed by atoms with Crippen LogP contribution in [0.15, 0.2) is 18.3 Å². The van der Waals surface area contributed by atoms with Gasteiger partial charge in [0, 0.05) is 0 Å². The van der Waals surface area contributed by atoms with E-state index in [1.807, 2.05) is 0 Å². The molecule has 2 aliphatic heterocycles. The number of fused-ring (bicyclic) bond motifs is 2. The number of benzene rings is 1. The molecule has 8 nitrogen and oxygen atoms in total. The Morgan fingerprint density at radius 3 is 2.81 bits per heavy atom. The minimum absolute atomic E-state index is 0.0162. The Morgan fingerprint density at radius 1 is 1.41 bits per heavy atom. The third-order valence-electron chi connectivity index (χ3n) is 5.44. The number of anilines is 2. The van der Waals surface area contributed by atoms with Gasteiger partial charge in [-0.05, 0) is 0 Å². The zero-order valence-electron chi connectivity index (χ0n) is 16.2. The zero-order valence-corrected chi connectivity index (χ0v) is 20.8. The number of carbonyl (C=O) groups excluding carboxylic acids is 2. The summed E-state index contributed by atoms with van der Waals surface area (Å²) >= 11 is 5.61. The number of piperidine rings is 1. The van der Waals surface area contributed by atoms with E-state index in [4.69, 9.17) is 22.1 Å². The van der Waals surface area contributed by atoms with Crippen LogP contribution in [0.4, 0.5) is 33.9 Å². The first-order chi connectivity index (χ1) is 14.9.